The lowest BCUT2D eigenvalue weighted by molar-refractivity contribution is -0.136. The van der Waals surface area contributed by atoms with Gasteiger partial charge in [0.05, 0.1) is 11.8 Å². The van der Waals surface area contributed by atoms with Gasteiger partial charge in [-0.25, -0.2) is 10.2 Å². The van der Waals surface area contributed by atoms with Crippen LogP contribution >= 0.6 is 15.9 Å². The number of aryl methyl sites for hydroxylation is 1. The Balaban J connectivity index is 1.67. The molecule has 0 radical (unpaired) electrons. The standard InChI is InChI=1S/C23H18BrN3O4/c1-15-6-5-7-16(12-15)23(30)31-20-11-10-18(24)13-17(20)14-25-27-22(29)21(28)26-19-8-3-2-4-9-19/h2-14H,1H3,(H,26,28)(H,27,29). The maximum atomic E-state index is 12.4. The van der Waals surface area contributed by atoms with Crippen LogP contribution in [-0.4, -0.2) is 24.0 Å². The highest BCUT2D eigenvalue weighted by atomic mass is 79.9. The van der Waals surface area contributed by atoms with Crippen LogP contribution in [-0.2, 0) is 9.59 Å². The number of carbonyl (C=O) groups excluding carboxylic acids is 3. The van der Waals surface area contributed by atoms with E-state index in [0.29, 0.717) is 16.8 Å². The summed E-state index contributed by atoms with van der Waals surface area (Å²) in [6.45, 7) is 1.88. The fraction of sp³-hybridized carbons (Fsp3) is 0.0435. The average molecular weight is 480 g/mol. The molecule has 8 heteroatoms. The Morgan fingerprint density at radius 3 is 2.45 bits per heavy atom. The summed E-state index contributed by atoms with van der Waals surface area (Å²) in [5.74, 6) is -2.06. The van der Waals surface area contributed by atoms with Crippen molar-refractivity contribution in [2.24, 2.45) is 5.10 Å². The predicted octanol–water partition coefficient (Wildman–Crippen LogP) is 4.07. The van der Waals surface area contributed by atoms with Gasteiger partial charge in [0.15, 0.2) is 0 Å². The molecule has 3 aromatic rings. The Hall–Kier alpha value is -3.78. The summed E-state index contributed by atoms with van der Waals surface area (Å²) in [5, 5.41) is 6.26. The lowest BCUT2D eigenvalue weighted by Crippen LogP contribution is -2.32. The van der Waals surface area contributed by atoms with Gasteiger partial charge in [0, 0.05) is 15.7 Å². The molecule has 0 saturated carbocycles. The number of hydrogen-bond donors (Lipinski definition) is 2. The summed E-state index contributed by atoms with van der Waals surface area (Å²) in [6, 6.07) is 20.6. The predicted molar refractivity (Wildman–Crippen MR) is 121 cm³/mol. The number of nitrogens with one attached hydrogen (secondary N) is 2. The van der Waals surface area contributed by atoms with Crippen molar-refractivity contribution < 1.29 is 19.1 Å². The lowest BCUT2D eigenvalue weighted by atomic mass is 10.1. The van der Waals surface area contributed by atoms with Gasteiger partial charge < -0.3 is 10.1 Å². The normalized spacial score (nSPS) is 10.5. The van der Waals surface area contributed by atoms with Crippen molar-refractivity contribution in [2.75, 3.05) is 5.32 Å². The van der Waals surface area contributed by atoms with E-state index >= 15 is 0 Å². The molecule has 0 heterocycles. The van der Waals surface area contributed by atoms with E-state index in [-0.39, 0.29) is 5.75 Å². The summed E-state index contributed by atoms with van der Waals surface area (Å²) in [4.78, 5) is 36.3. The smallest absolute Gasteiger partial charge is 0.343 e. The molecule has 3 rings (SSSR count). The second-order valence-electron chi connectivity index (χ2n) is 6.46. The molecule has 31 heavy (non-hydrogen) atoms. The Kier molecular flexibility index (Phi) is 7.29. The Morgan fingerprint density at radius 2 is 1.71 bits per heavy atom. The fourth-order valence-corrected chi connectivity index (χ4v) is 2.94. The van der Waals surface area contributed by atoms with Crippen molar-refractivity contribution >= 4 is 45.6 Å². The lowest BCUT2D eigenvalue weighted by Gasteiger charge is -2.08. The summed E-state index contributed by atoms with van der Waals surface area (Å²) < 4.78 is 6.20. The third-order valence-corrected chi connectivity index (χ3v) is 4.53. The largest absolute Gasteiger partial charge is 0.422 e. The number of nitrogens with zero attached hydrogens (tertiary/aromatic N) is 1. The number of benzene rings is 3. The Bertz CT molecular complexity index is 1150. The van der Waals surface area contributed by atoms with Gasteiger partial charge in [-0.05, 0) is 49.4 Å². The van der Waals surface area contributed by atoms with Gasteiger partial charge in [-0.2, -0.15) is 5.10 Å². The van der Waals surface area contributed by atoms with E-state index in [1.54, 1.807) is 66.7 Å². The highest BCUT2D eigenvalue weighted by Gasteiger charge is 2.14. The number of ether oxygens (including phenoxy) is 1. The van der Waals surface area contributed by atoms with Crippen LogP contribution in [0.4, 0.5) is 5.69 Å². The molecule has 0 spiro atoms. The van der Waals surface area contributed by atoms with Crippen LogP contribution in [0.3, 0.4) is 0 Å². The van der Waals surface area contributed by atoms with Crippen molar-refractivity contribution in [3.05, 3.63) is 94.0 Å². The molecule has 0 aliphatic heterocycles. The Labute approximate surface area is 187 Å². The molecule has 0 aliphatic rings. The number of para-hydroxylation sites is 1. The van der Waals surface area contributed by atoms with Crippen molar-refractivity contribution in [2.45, 2.75) is 6.92 Å². The van der Waals surface area contributed by atoms with Crippen LogP contribution in [0.25, 0.3) is 0 Å². The van der Waals surface area contributed by atoms with E-state index in [9.17, 15) is 14.4 Å². The minimum atomic E-state index is -0.937. The van der Waals surface area contributed by atoms with Gasteiger partial charge in [-0.3, -0.25) is 9.59 Å². The van der Waals surface area contributed by atoms with Crippen molar-refractivity contribution in [1.82, 2.24) is 5.43 Å². The topological polar surface area (TPSA) is 96.9 Å². The number of anilines is 1. The number of esters is 1. The van der Waals surface area contributed by atoms with Crippen LogP contribution in [0.2, 0.25) is 0 Å². The van der Waals surface area contributed by atoms with Gasteiger partial charge in [-0.1, -0.05) is 51.8 Å². The Morgan fingerprint density at radius 1 is 0.935 bits per heavy atom. The maximum absolute atomic E-state index is 12.4. The fourth-order valence-electron chi connectivity index (χ4n) is 2.56. The number of carbonyl (C=O) groups is 3. The summed E-state index contributed by atoms with van der Waals surface area (Å²) in [7, 11) is 0. The molecule has 0 fully saturated rings. The molecule has 2 amide bonds. The number of hydrogen-bond acceptors (Lipinski definition) is 5. The van der Waals surface area contributed by atoms with Crippen LogP contribution in [0, 0.1) is 6.92 Å². The molecular formula is C23H18BrN3O4. The quantitative estimate of drug-likeness (QED) is 0.189. The number of rotatable bonds is 5. The monoisotopic (exact) mass is 479 g/mol. The molecule has 0 unspecified atom stereocenters. The molecule has 0 aliphatic carbocycles. The molecule has 0 aromatic heterocycles. The summed E-state index contributed by atoms with van der Waals surface area (Å²) >= 11 is 3.34. The average Bonchev–Trinajstić information content (AvgIpc) is 2.76. The maximum Gasteiger partial charge on any atom is 0.343 e. The third-order valence-electron chi connectivity index (χ3n) is 4.04. The third kappa shape index (κ3) is 6.35. The minimum absolute atomic E-state index is 0.251. The number of hydrazone groups is 1. The van der Waals surface area contributed by atoms with Gasteiger partial charge in [0.2, 0.25) is 0 Å². The zero-order valence-electron chi connectivity index (χ0n) is 16.5. The number of amides is 2. The zero-order valence-corrected chi connectivity index (χ0v) is 18.0. The molecular weight excluding hydrogens is 462 g/mol. The van der Waals surface area contributed by atoms with Crippen LogP contribution in [0.1, 0.15) is 21.5 Å². The van der Waals surface area contributed by atoms with Gasteiger partial charge in [-0.15, -0.1) is 0 Å². The minimum Gasteiger partial charge on any atom is -0.422 e. The first-order valence-corrected chi connectivity index (χ1v) is 9.99. The second kappa shape index (κ2) is 10.3. The second-order valence-corrected chi connectivity index (χ2v) is 7.38. The summed E-state index contributed by atoms with van der Waals surface area (Å²) in [6.07, 6.45) is 1.29. The highest BCUT2D eigenvalue weighted by molar-refractivity contribution is 9.10. The molecule has 0 atom stereocenters. The first kappa shape index (κ1) is 21.9. The van der Waals surface area contributed by atoms with E-state index in [2.05, 4.69) is 31.8 Å². The van der Waals surface area contributed by atoms with Crippen molar-refractivity contribution in [1.29, 1.82) is 0 Å². The van der Waals surface area contributed by atoms with E-state index in [4.69, 9.17) is 4.74 Å². The van der Waals surface area contributed by atoms with E-state index < -0.39 is 17.8 Å². The first-order chi connectivity index (χ1) is 14.9. The zero-order chi connectivity index (χ0) is 22.2. The van der Waals surface area contributed by atoms with Crippen molar-refractivity contribution in [3.63, 3.8) is 0 Å². The van der Waals surface area contributed by atoms with Gasteiger partial charge in [0.1, 0.15) is 5.75 Å². The van der Waals surface area contributed by atoms with Gasteiger partial charge >= 0.3 is 17.8 Å². The number of halogens is 1. The van der Waals surface area contributed by atoms with E-state index in [1.165, 1.54) is 6.21 Å². The van der Waals surface area contributed by atoms with Crippen LogP contribution in [0.15, 0.2) is 82.4 Å². The van der Waals surface area contributed by atoms with E-state index in [1.807, 2.05) is 13.0 Å². The molecule has 0 saturated heterocycles. The van der Waals surface area contributed by atoms with Gasteiger partial charge in [0.25, 0.3) is 0 Å². The molecule has 7 nitrogen and oxygen atoms in total. The van der Waals surface area contributed by atoms with Crippen LogP contribution < -0.4 is 15.5 Å². The highest BCUT2D eigenvalue weighted by Crippen LogP contribution is 2.23. The summed E-state index contributed by atoms with van der Waals surface area (Å²) in [5.41, 5.74) is 4.42. The van der Waals surface area contributed by atoms with Crippen molar-refractivity contribution in [3.8, 4) is 5.75 Å². The molecule has 156 valence electrons. The molecule has 3 aromatic carbocycles. The first-order valence-electron chi connectivity index (χ1n) is 9.20. The molecule has 0 bridgehead atoms. The van der Waals surface area contributed by atoms with E-state index in [0.717, 1.165) is 10.0 Å². The van der Waals surface area contributed by atoms with Crippen LogP contribution in [0.5, 0.6) is 5.75 Å². The molecule has 2 N–H and O–H groups in total. The SMILES string of the molecule is Cc1cccc(C(=O)Oc2ccc(Br)cc2C=NNC(=O)C(=O)Nc2ccccc2)c1.